The highest BCUT2D eigenvalue weighted by molar-refractivity contribution is 5.77. The van der Waals surface area contributed by atoms with Gasteiger partial charge in [0.1, 0.15) is 0 Å². The van der Waals surface area contributed by atoms with E-state index >= 15 is 0 Å². The summed E-state index contributed by atoms with van der Waals surface area (Å²) in [7, 11) is 0. The molecule has 0 aromatic carbocycles. The van der Waals surface area contributed by atoms with Crippen LogP contribution in [0.1, 0.15) is 0 Å². The van der Waals surface area contributed by atoms with Gasteiger partial charge in [0.25, 0.3) is 0 Å². The van der Waals surface area contributed by atoms with Gasteiger partial charge in [-0.3, -0.25) is 0 Å². The molecule has 0 spiro atoms. The van der Waals surface area contributed by atoms with Gasteiger partial charge in [-0.15, -0.1) is 0 Å². The van der Waals surface area contributed by atoms with Gasteiger partial charge < -0.3 is 11.3 Å². The van der Waals surface area contributed by atoms with Gasteiger partial charge in [-0.05, 0) is 0 Å². The second-order valence-electron chi connectivity index (χ2n) is 5.98. The molecule has 0 amide bonds. The van der Waals surface area contributed by atoms with Crippen molar-refractivity contribution in [2.24, 2.45) is 0 Å². The first-order chi connectivity index (χ1) is 14.2. The van der Waals surface area contributed by atoms with Gasteiger partial charge in [0, 0.05) is 0 Å². The summed E-state index contributed by atoms with van der Waals surface area (Å²) in [6.45, 7) is 0. The summed E-state index contributed by atoms with van der Waals surface area (Å²) in [5, 5.41) is 7.62. The monoisotopic (exact) mass is 581 g/mol. The van der Waals surface area contributed by atoms with Gasteiger partial charge in [-0.25, -0.2) is 9.18 Å². The van der Waals surface area contributed by atoms with E-state index in [2.05, 4.69) is 0 Å². The zero-order chi connectivity index (χ0) is 28.6. The molecule has 24 heteroatoms. The molecular formula is C11H4F21NO2. The average Bonchev–Trinajstić information content (AvgIpc) is 2.57. The van der Waals surface area contributed by atoms with E-state index in [1.54, 1.807) is 0 Å². The van der Waals surface area contributed by atoms with Gasteiger partial charge in [0.15, 0.2) is 0 Å². The Bertz CT molecular complexity index is 778. The number of hydrogen-bond donors (Lipinski definition) is 2. The van der Waals surface area contributed by atoms with Crippen molar-refractivity contribution < 1.29 is 102 Å². The van der Waals surface area contributed by atoms with Crippen molar-refractivity contribution in [1.29, 1.82) is 0 Å². The van der Waals surface area contributed by atoms with Crippen molar-refractivity contribution in [2.75, 3.05) is 0 Å². The first kappa shape index (κ1) is 35.1. The molecule has 3 nitrogen and oxygen atoms in total. The Hall–Kier alpha value is -2.04. The second kappa shape index (κ2) is 8.24. The minimum atomic E-state index is -9.37. The minimum Gasteiger partial charge on any atom is -0.477 e. The lowest BCUT2D eigenvalue weighted by molar-refractivity contribution is -0.476. The zero-order valence-corrected chi connectivity index (χ0v) is 15.0. The molecule has 35 heavy (non-hydrogen) atoms. The van der Waals surface area contributed by atoms with E-state index in [1.165, 1.54) is 0 Å². The van der Waals surface area contributed by atoms with E-state index in [1.807, 2.05) is 0 Å². The summed E-state index contributed by atoms with van der Waals surface area (Å²) in [5.74, 6) is -66.8. The number of aliphatic carboxylic acids is 1. The molecule has 0 aromatic heterocycles. The van der Waals surface area contributed by atoms with Crippen LogP contribution in [0.3, 0.4) is 0 Å². The summed E-state index contributed by atoms with van der Waals surface area (Å²) >= 11 is 0. The molecule has 0 saturated carbocycles. The molecule has 0 aliphatic rings. The number of rotatable bonds is 8. The highest BCUT2D eigenvalue weighted by atomic mass is 19.4. The minimum absolute atomic E-state index is 0. The molecule has 0 aromatic rings. The van der Waals surface area contributed by atoms with E-state index in [4.69, 9.17) is 5.11 Å². The predicted octanol–water partition coefficient (Wildman–Crippen LogP) is 6.51. The molecule has 4 N–H and O–H groups in total. The number of alkyl halides is 21. The van der Waals surface area contributed by atoms with Crippen LogP contribution in [-0.4, -0.2) is 70.6 Å². The highest BCUT2D eigenvalue weighted by Gasteiger charge is 2.99. The Morgan fingerprint density at radius 1 is 0.400 bits per heavy atom. The van der Waals surface area contributed by atoms with Crippen LogP contribution < -0.4 is 6.15 Å². The van der Waals surface area contributed by atoms with Gasteiger partial charge in [0.2, 0.25) is 0 Å². The van der Waals surface area contributed by atoms with Crippen molar-refractivity contribution in [3.63, 3.8) is 0 Å². The van der Waals surface area contributed by atoms with Crippen molar-refractivity contribution in [3.8, 4) is 0 Å². The van der Waals surface area contributed by atoms with Crippen LogP contribution in [0.4, 0.5) is 92.2 Å². The standard InChI is InChI=1S/C11HF21O2.H3N/c12-2(13,1(33)34)4(15,16)6(19,20)8(23,24)9(25,26)7(21,22)5(17,18)3(14,10(27,28)29)11(30,31)32;/h(H,33,34);1H3. The maximum atomic E-state index is 13.3. The van der Waals surface area contributed by atoms with E-state index in [9.17, 15) is 97.0 Å². The smallest absolute Gasteiger partial charge is 0.438 e. The summed E-state index contributed by atoms with van der Waals surface area (Å²) in [5.41, 5.74) is -8.96. The quantitative estimate of drug-likeness (QED) is 0.321. The third-order valence-electron chi connectivity index (χ3n) is 3.85. The van der Waals surface area contributed by atoms with Crippen LogP contribution in [0.2, 0.25) is 0 Å². The highest BCUT2D eigenvalue weighted by Crippen LogP contribution is 2.67. The third-order valence-corrected chi connectivity index (χ3v) is 3.85. The lowest BCUT2D eigenvalue weighted by atomic mass is 9.83. The van der Waals surface area contributed by atoms with E-state index in [0.29, 0.717) is 0 Å². The first-order valence-electron chi connectivity index (χ1n) is 6.90. The molecular weight excluding hydrogens is 577 g/mol. The maximum Gasteiger partial charge on any atom is 0.438 e. The number of carbonyl (C=O) groups is 1. The molecule has 0 rings (SSSR count). The molecule has 212 valence electrons. The largest absolute Gasteiger partial charge is 0.477 e. The maximum absolute atomic E-state index is 13.3. The molecule has 0 atom stereocenters. The summed E-state index contributed by atoms with van der Waals surface area (Å²) in [6, 6.07) is 0. The van der Waals surface area contributed by atoms with Gasteiger partial charge in [-0.1, -0.05) is 0 Å². The van der Waals surface area contributed by atoms with Crippen LogP contribution >= 0.6 is 0 Å². The van der Waals surface area contributed by atoms with Crippen LogP contribution in [0, 0.1) is 0 Å². The molecule has 0 bridgehead atoms. The topological polar surface area (TPSA) is 72.3 Å². The normalized spacial score (nSPS) is 16.1. The summed E-state index contributed by atoms with van der Waals surface area (Å²) < 4.78 is 270. The Kier molecular flexibility index (Phi) is 8.27. The van der Waals surface area contributed by atoms with Crippen molar-refractivity contribution in [3.05, 3.63) is 0 Å². The number of hydrogen-bond acceptors (Lipinski definition) is 2. The van der Waals surface area contributed by atoms with Crippen LogP contribution in [-0.2, 0) is 4.79 Å². The SMILES string of the molecule is N.O=C(O)C(F)(F)C(F)(F)C(F)(F)C(F)(F)C(F)(F)C(F)(F)C(F)(F)C(F)(C(F)(F)F)C(F)(F)F. The lowest BCUT2D eigenvalue weighted by Crippen LogP contribution is -2.78. The number of carboxylic acids is 1. The average molecular weight is 581 g/mol. The summed E-state index contributed by atoms with van der Waals surface area (Å²) in [4.78, 5) is 9.84. The van der Waals surface area contributed by atoms with Crippen LogP contribution in [0.25, 0.3) is 0 Å². The molecule has 0 radical (unpaired) electrons. The van der Waals surface area contributed by atoms with Crippen molar-refractivity contribution in [2.45, 2.75) is 59.5 Å². The fourth-order valence-corrected chi connectivity index (χ4v) is 1.85. The fourth-order valence-electron chi connectivity index (χ4n) is 1.85. The molecule has 0 aliphatic carbocycles. The molecule has 0 saturated heterocycles. The van der Waals surface area contributed by atoms with Crippen molar-refractivity contribution in [1.82, 2.24) is 6.15 Å². The summed E-state index contributed by atoms with van der Waals surface area (Å²) in [6.07, 6.45) is -16.9. The zero-order valence-electron chi connectivity index (χ0n) is 15.0. The number of halogens is 21. The Morgan fingerprint density at radius 3 is 0.800 bits per heavy atom. The molecule has 0 fully saturated rings. The molecule has 0 aliphatic heterocycles. The fraction of sp³-hybridized carbons (Fsp3) is 0.909. The molecule has 0 unspecified atom stereocenters. The Labute approximate surface area is 175 Å². The van der Waals surface area contributed by atoms with Crippen LogP contribution in [0.15, 0.2) is 0 Å². The Balaban J connectivity index is 0. The van der Waals surface area contributed by atoms with E-state index in [0.717, 1.165) is 0 Å². The Morgan fingerprint density at radius 2 is 0.600 bits per heavy atom. The van der Waals surface area contributed by atoms with Crippen molar-refractivity contribution >= 4 is 5.97 Å². The first-order valence-corrected chi connectivity index (χ1v) is 6.90. The number of carboxylic acid groups (broad SMARTS) is 1. The molecule has 0 heterocycles. The van der Waals surface area contributed by atoms with Gasteiger partial charge >= 0.3 is 65.4 Å². The van der Waals surface area contributed by atoms with E-state index in [-0.39, 0.29) is 6.15 Å². The third kappa shape index (κ3) is 3.97. The lowest BCUT2D eigenvalue weighted by Gasteiger charge is -2.45. The van der Waals surface area contributed by atoms with E-state index < -0.39 is 65.4 Å². The van der Waals surface area contributed by atoms with Crippen LogP contribution in [0.5, 0.6) is 0 Å². The van der Waals surface area contributed by atoms with Gasteiger partial charge in [-0.2, -0.15) is 87.8 Å². The predicted molar refractivity (Wildman–Crippen MR) is 63.2 cm³/mol. The van der Waals surface area contributed by atoms with Gasteiger partial charge in [0.05, 0.1) is 0 Å². The second-order valence-corrected chi connectivity index (χ2v) is 5.98.